The molecule has 0 atom stereocenters. The van der Waals surface area contributed by atoms with Gasteiger partial charge in [0.15, 0.2) is 0 Å². The van der Waals surface area contributed by atoms with Crippen molar-refractivity contribution in [1.82, 2.24) is 14.1 Å². The lowest BCUT2D eigenvalue weighted by Gasteiger charge is -2.32. The molecule has 1 N–H and O–H groups in total. The number of aromatic amines is 1. The molecule has 0 bridgehead atoms. The Bertz CT molecular complexity index is 7040. The molecule has 0 radical (unpaired) electrons. The van der Waals surface area contributed by atoms with E-state index in [0.29, 0.717) is 0 Å². The van der Waals surface area contributed by atoms with Crippen LogP contribution in [0.5, 0.6) is 0 Å². The second kappa shape index (κ2) is 21.6. The third-order valence-corrected chi connectivity index (χ3v) is 23.8. The van der Waals surface area contributed by atoms with Gasteiger partial charge in [-0.3, -0.25) is 0 Å². The molecule has 480 valence electrons. The van der Waals surface area contributed by atoms with Gasteiger partial charge < -0.3 is 23.9 Å². The molecule has 1 spiro atoms. The van der Waals surface area contributed by atoms with Gasteiger partial charge in [-0.1, -0.05) is 244 Å². The molecule has 103 heavy (non-hydrogen) atoms. The first-order valence-electron chi connectivity index (χ1n) is 35.3. The summed E-state index contributed by atoms with van der Waals surface area (Å²) in [5.74, 6) is 0. The Balaban J connectivity index is 0.823. The van der Waals surface area contributed by atoms with E-state index < -0.39 is 5.41 Å². The molecule has 5 nitrogen and oxygen atoms in total. The van der Waals surface area contributed by atoms with Crippen molar-refractivity contribution >= 4 is 171 Å². The van der Waals surface area contributed by atoms with Crippen molar-refractivity contribution in [3.63, 3.8) is 0 Å². The third kappa shape index (κ3) is 7.95. The molecular formula is C97H61N5S. The molecule has 2 aliphatic rings. The summed E-state index contributed by atoms with van der Waals surface area (Å²) in [5.41, 5.74) is 28.2. The van der Waals surface area contributed by atoms with E-state index in [0.717, 1.165) is 106 Å². The number of aromatic nitrogens is 3. The maximum Gasteiger partial charge on any atom is 0.0795 e. The molecule has 0 aliphatic heterocycles. The van der Waals surface area contributed by atoms with Gasteiger partial charge in [-0.05, 0) is 175 Å². The molecule has 20 aromatic rings. The van der Waals surface area contributed by atoms with Gasteiger partial charge in [-0.25, -0.2) is 0 Å². The van der Waals surface area contributed by atoms with Gasteiger partial charge >= 0.3 is 0 Å². The molecule has 6 heteroatoms. The van der Waals surface area contributed by atoms with Crippen LogP contribution in [0.25, 0.3) is 159 Å². The Morgan fingerprint density at radius 2 is 0.913 bits per heavy atom. The van der Waals surface area contributed by atoms with Gasteiger partial charge in [0.2, 0.25) is 0 Å². The van der Waals surface area contributed by atoms with Gasteiger partial charge in [0.1, 0.15) is 0 Å². The molecule has 2 aliphatic carbocycles. The molecule has 0 unspecified atom stereocenters. The highest BCUT2D eigenvalue weighted by atomic mass is 32.1. The van der Waals surface area contributed by atoms with E-state index in [4.69, 9.17) is 0 Å². The monoisotopic (exact) mass is 1330 g/mol. The Kier molecular flexibility index (Phi) is 12.1. The lowest BCUT2D eigenvalue weighted by atomic mass is 9.70. The second-order valence-electron chi connectivity index (χ2n) is 27.7. The number of hydrogen-bond donors (Lipinski definition) is 1. The van der Waals surface area contributed by atoms with Crippen LogP contribution >= 0.6 is 11.3 Å². The van der Waals surface area contributed by atoms with E-state index in [1.807, 2.05) is 29.6 Å². The average Bonchev–Trinajstić information content (AvgIpc) is 1.52. The predicted molar refractivity (Wildman–Crippen MR) is 440 cm³/mol. The Labute approximate surface area is 597 Å². The fraction of sp³-hybridized carbons (Fsp3) is 0.0103. The number of rotatable bonds is 11. The van der Waals surface area contributed by atoms with Crippen molar-refractivity contribution in [2.24, 2.45) is 0 Å². The first-order valence-corrected chi connectivity index (χ1v) is 36.1. The highest BCUT2D eigenvalue weighted by Crippen LogP contribution is 2.64. The van der Waals surface area contributed by atoms with E-state index in [1.54, 1.807) is 0 Å². The number of thiophene rings is 1. The van der Waals surface area contributed by atoms with Crippen LogP contribution in [0, 0.1) is 0 Å². The molecule has 0 saturated heterocycles. The third-order valence-electron chi connectivity index (χ3n) is 22.6. The first kappa shape index (κ1) is 57.6. The number of benzene rings is 16. The number of H-pyrrole nitrogens is 1. The van der Waals surface area contributed by atoms with Crippen molar-refractivity contribution in [2.75, 3.05) is 9.80 Å². The van der Waals surface area contributed by atoms with Crippen molar-refractivity contribution in [3.05, 3.63) is 368 Å². The number of nitrogens with zero attached hydrogens (tertiary/aromatic N) is 4. The number of hydrogen-bond acceptors (Lipinski definition) is 3. The van der Waals surface area contributed by atoms with E-state index in [2.05, 4.69) is 353 Å². The van der Waals surface area contributed by atoms with Crippen LogP contribution in [-0.2, 0) is 5.41 Å². The normalized spacial score (nSPS) is 12.9. The van der Waals surface area contributed by atoms with Crippen LogP contribution < -0.4 is 9.80 Å². The number of fused-ring (bicyclic) bond motifs is 22. The van der Waals surface area contributed by atoms with Gasteiger partial charge in [0, 0.05) is 98.2 Å². The highest BCUT2D eigenvalue weighted by Gasteiger charge is 2.52. The maximum atomic E-state index is 4.35. The van der Waals surface area contributed by atoms with Gasteiger partial charge in [-0.2, -0.15) is 0 Å². The fourth-order valence-electron chi connectivity index (χ4n) is 18.3. The molecule has 0 amide bonds. The second-order valence-corrected chi connectivity index (χ2v) is 28.7. The number of anilines is 6. The topological polar surface area (TPSA) is 32.1 Å². The first-order chi connectivity index (χ1) is 50.9. The van der Waals surface area contributed by atoms with E-state index in [9.17, 15) is 0 Å². The van der Waals surface area contributed by atoms with Crippen LogP contribution in [-0.4, -0.2) is 14.1 Å². The zero-order chi connectivity index (χ0) is 67.9. The number of nitrogens with one attached hydrogen (secondary N) is 1. The zero-order valence-corrected chi connectivity index (χ0v) is 56.8. The molecule has 0 fully saturated rings. The predicted octanol–water partition coefficient (Wildman–Crippen LogP) is 26.8. The summed E-state index contributed by atoms with van der Waals surface area (Å²) < 4.78 is 7.71. The summed E-state index contributed by atoms with van der Waals surface area (Å²) >= 11 is 1.88. The van der Waals surface area contributed by atoms with Crippen molar-refractivity contribution in [2.45, 2.75) is 5.41 Å². The summed E-state index contributed by atoms with van der Waals surface area (Å²) in [6.07, 6.45) is 5.85. The molecule has 16 aromatic carbocycles. The molecule has 4 heterocycles. The minimum absolute atomic E-state index is 0.529. The zero-order valence-electron chi connectivity index (χ0n) is 56.0. The van der Waals surface area contributed by atoms with Crippen LogP contribution in [0.2, 0.25) is 0 Å². The average molecular weight is 1330 g/mol. The van der Waals surface area contributed by atoms with E-state index >= 15 is 0 Å². The summed E-state index contributed by atoms with van der Waals surface area (Å²) in [7, 11) is 0. The summed E-state index contributed by atoms with van der Waals surface area (Å²) in [5, 5.41) is 14.3. The summed E-state index contributed by atoms with van der Waals surface area (Å²) in [6.45, 7) is 12.8. The largest absolute Gasteiger partial charge is 0.354 e. The lowest BCUT2D eigenvalue weighted by molar-refractivity contribution is 0.793. The highest BCUT2D eigenvalue weighted by molar-refractivity contribution is 7.26. The molecule has 4 aromatic heterocycles. The van der Waals surface area contributed by atoms with Gasteiger partial charge in [0.05, 0.1) is 49.1 Å². The minimum atomic E-state index is -0.529. The summed E-state index contributed by atoms with van der Waals surface area (Å²) in [6, 6.07) is 116. The van der Waals surface area contributed by atoms with Crippen LogP contribution in [0.4, 0.5) is 34.1 Å². The fourth-order valence-corrected chi connectivity index (χ4v) is 19.5. The van der Waals surface area contributed by atoms with E-state index in [-0.39, 0.29) is 0 Å². The van der Waals surface area contributed by atoms with Crippen molar-refractivity contribution in [1.29, 1.82) is 0 Å². The van der Waals surface area contributed by atoms with Crippen molar-refractivity contribution in [3.8, 4) is 33.6 Å². The summed E-state index contributed by atoms with van der Waals surface area (Å²) in [4.78, 5) is 8.98. The Morgan fingerprint density at radius 1 is 0.340 bits per heavy atom. The lowest BCUT2D eigenvalue weighted by Crippen LogP contribution is -2.26. The smallest absolute Gasteiger partial charge is 0.0795 e. The van der Waals surface area contributed by atoms with Gasteiger partial charge in [0.25, 0.3) is 0 Å². The van der Waals surface area contributed by atoms with Crippen molar-refractivity contribution < 1.29 is 0 Å². The Morgan fingerprint density at radius 3 is 1.66 bits per heavy atom. The molecular weight excluding hydrogens is 1270 g/mol. The minimum Gasteiger partial charge on any atom is -0.354 e. The molecule has 22 rings (SSSR count). The van der Waals surface area contributed by atoms with Crippen LogP contribution in [0.1, 0.15) is 38.9 Å². The van der Waals surface area contributed by atoms with Crippen LogP contribution in [0.3, 0.4) is 0 Å². The van der Waals surface area contributed by atoms with E-state index in [1.165, 1.54) is 108 Å². The standard InChI is InChI=1S/C97H61N5S/c1-4-58-22-17-27-63(50-58)99(66-43-47-73-72-33-11-15-38-83(72)97(84(73)54-66)81-36-13-9-31-70(81)71-32-10-14-37-82(71)97)68-45-49-75-80-53-62-42-46-78-92-89(57-79-74-48-44-67(55-85(74)98-93(78)79)100(64-28-18-23-59(5-2)51-64)86-39-20-26-61-25-7-8-30-69(61)86)102(87-40-21-35-77-76-34-12-16-41-90(76)103-96(77)87)95(91(62)92)94(80)101(88(75)56-68)65-29-19-24-60(6-3)52-65/h4-57,98H,1-3H2. The molecule has 0 saturated carbocycles. The maximum absolute atomic E-state index is 4.35. The van der Waals surface area contributed by atoms with Gasteiger partial charge in [-0.15, -0.1) is 11.3 Å². The SMILES string of the molecule is C=Cc1cccc(N(c2ccc3c(c2)C2(c4ccccc4-c4ccccc42)c2ccccc2-3)c2ccc3c4cc5ccc6c7[nH]c8cc(N(c9cccc(C=C)c9)c9cccc%10ccccc9%10)ccc8c7cc7c6c5c(c4n(-c4cccc(C=C)c4)c3c2)n7-c2cccc3c2sc2ccccc23)c1. The quantitative estimate of drug-likeness (QED) is 0.131. The Hall–Kier alpha value is -13.3. The van der Waals surface area contributed by atoms with Crippen LogP contribution in [0.15, 0.2) is 329 Å².